The topological polar surface area (TPSA) is 117 Å². The first kappa shape index (κ1) is 41.5. The normalized spacial score (nSPS) is 19.2. The molecule has 0 amide bonds. The smallest absolute Gasteiger partial charge is 0.331 e. The minimum absolute atomic E-state index is 0.0350. The number of methoxy groups -OCH3 is 5. The zero-order chi connectivity index (χ0) is 40.4. The minimum Gasteiger partial charge on any atom is -0.493 e. The number of ether oxygens (including phenoxy) is 9. The molecule has 13 heteroatoms. The highest BCUT2D eigenvalue weighted by Crippen LogP contribution is 2.45. The average molecular weight is 791 g/mol. The van der Waals surface area contributed by atoms with Crippen LogP contribution >= 0.6 is 0 Å². The van der Waals surface area contributed by atoms with Gasteiger partial charge in [-0.15, -0.1) is 0 Å². The van der Waals surface area contributed by atoms with Gasteiger partial charge in [0.05, 0.1) is 88.5 Å². The van der Waals surface area contributed by atoms with Crippen molar-refractivity contribution in [3.05, 3.63) is 76.9 Å². The molecule has 0 saturated carbocycles. The summed E-state index contributed by atoms with van der Waals surface area (Å²) in [6.45, 7) is 6.38. The molecule has 6 rings (SSSR count). The number of carbonyl (C=O) groups is 2. The van der Waals surface area contributed by atoms with E-state index in [1.165, 1.54) is 29.5 Å². The summed E-state index contributed by atoms with van der Waals surface area (Å²) in [5, 5.41) is 0. The van der Waals surface area contributed by atoms with Gasteiger partial charge in [0.15, 0.2) is 34.5 Å². The molecule has 1 unspecified atom stereocenters. The van der Waals surface area contributed by atoms with Crippen LogP contribution in [-0.2, 0) is 38.4 Å². The van der Waals surface area contributed by atoms with Crippen LogP contribution < -0.4 is 33.2 Å². The Morgan fingerprint density at radius 3 is 1.95 bits per heavy atom. The fraction of sp³-hybridized carbons (Fsp3) is 0.500. The van der Waals surface area contributed by atoms with Gasteiger partial charge in [0, 0.05) is 61.8 Å². The molecule has 1 fully saturated rings. The third kappa shape index (κ3) is 9.88. The monoisotopic (exact) mass is 790 g/mol. The van der Waals surface area contributed by atoms with Crippen molar-refractivity contribution in [2.45, 2.75) is 51.1 Å². The fourth-order valence-electron chi connectivity index (χ4n) is 8.70. The Labute approximate surface area is 336 Å². The SMILES string of the molecule is COc1cc2c(cc1OC)[C@@H](Cc1cc(OC)c(OC)c(OC)c1)[N+](C)(CCCOC(=O)/C=C\C(=O)OCCC[N+]1(Cc3ccc4c(c3)OCO4)CCCC1)CC2. The van der Waals surface area contributed by atoms with E-state index in [0.29, 0.717) is 46.1 Å². The van der Waals surface area contributed by atoms with E-state index in [0.717, 1.165) is 85.8 Å². The van der Waals surface area contributed by atoms with Gasteiger partial charge in [0.25, 0.3) is 0 Å². The molecule has 0 N–H and O–H groups in total. The van der Waals surface area contributed by atoms with Crippen molar-refractivity contribution >= 4 is 11.9 Å². The van der Waals surface area contributed by atoms with Gasteiger partial charge in [0.1, 0.15) is 12.6 Å². The van der Waals surface area contributed by atoms with Gasteiger partial charge in [-0.05, 0) is 53.6 Å². The lowest BCUT2D eigenvalue weighted by molar-refractivity contribution is -0.941. The third-order valence-electron chi connectivity index (χ3n) is 11.7. The number of carbonyl (C=O) groups excluding carboxylic acids is 2. The van der Waals surface area contributed by atoms with Crippen molar-refractivity contribution in [3.8, 4) is 40.2 Å². The second-order valence-corrected chi connectivity index (χ2v) is 15.3. The maximum Gasteiger partial charge on any atom is 0.331 e. The van der Waals surface area contributed by atoms with Crippen LogP contribution in [0.15, 0.2) is 54.6 Å². The van der Waals surface area contributed by atoms with E-state index in [1.807, 2.05) is 18.2 Å². The molecule has 3 aromatic carbocycles. The van der Waals surface area contributed by atoms with Crippen LogP contribution in [-0.4, -0.2) is 116 Å². The van der Waals surface area contributed by atoms with E-state index in [4.69, 9.17) is 42.6 Å². The number of fused-ring (bicyclic) bond motifs is 2. The first-order valence-electron chi connectivity index (χ1n) is 19.8. The summed E-state index contributed by atoms with van der Waals surface area (Å²) in [4.78, 5) is 25.1. The molecular weight excluding hydrogens is 732 g/mol. The number of nitrogens with zero attached hydrogens (tertiary/aromatic N) is 2. The van der Waals surface area contributed by atoms with E-state index in [2.05, 4.69) is 31.3 Å². The van der Waals surface area contributed by atoms with Crippen molar-refractivity contribution in [1.82, 2.24) is 0 Å². The van der Waals surface area contributed by atoms with Gasteiger partial charge in [-0.25, -0.2) is 9.59 Å². The van der Waals surface area contributed by atoms with Gasteiger partial charge in [-0.2, -0.15) is 0 Å². The highest BCUT2D eigenvalue weighted by Gasteiger charge is 2.40. The Morgan fingerprint density at radius 1 is 0.702 bits per heavy atom. The first-order valence-corrected chi connectivity index (χ1v) is 19.8. The third-order valence-corrected chi connectivity index (χ3v) is 11.7. The molecule has 2 atom stereocenters. The predicted octanol–water partition coefficient (Wildman–Crippen LogP) is 5.98. The number of likely N-dealkylation sites (N-methyl/N-ethyl adjacent to an activating group) is 1. The second-order valence-electron chi connectivity index (χ2n) is 15.3. The van der Waals surface area contributed by atoms with E-state index < -0.39 is 11.9 Å². The van der Waals surface area contributed by atoms with Crippen molar-refractivity contribution in [2.75, 3.05) is 95.3 Å². The van der Waals surface area contributed by atoms with Gasteiger partial charge >= 0.3 is 11.9 Å². The molecule has 0 radical (unpaired) electrons. The van der Waals surface area contributed by atoms with Gasteiger partial charge < -0.3 is 51.6 Å². The van der Waals surface area contributed by atoms with E-state index in [1.54, 1.807) is 35.5 Å². The zero-order valence-corrected chi connectivity index (χ0v) is 34.3. The van der Waals surface area contributed by atoms with Gasteiger partial charge in [-0.1, -0.05) is 0 Å². The molecule has 0 aliphatic carbocycles. The number of esters is 2. The first-order chi connectivity index (χ1) is 27.6. The standard InChI is InChI=1S/C44H58N2O11/c1-45(20-15-33-27-37(49-2)38(50-3)28-34(33)35(45)23-32-25-40(51-4)44(53-6)41(26-32)52-5)16-9-21-54-42(47)13-14-43(48)55-22-10-19-46(17-7-8-18-46)29-31-11-12-36-39(24-31)57-30-56-36/h11-14,24-28,35H,7-10,15-23,29-30H2,1-6H3/q+2/b14-13-/t35-,45?/m1/s1. The molecule has 3 aliphatic heterocycles. The maximum atomic E-state index is 12.6. The largest absolute Gasteiger partial charge is 0.493 e. The number of hydrogen-bond acceptors (Lipinski definition) is 11. The Morgan fingerprint density at radius 2 is 1.32 bits per heavy atom. The highest BCUT2D eigenvalue weighted by atomic mass is 16.7. The highest BCUT2D eigenvalue weighted by molar-refractivity contribution is 5.91. The van der Waals surface area contributed by atoms with Crippen LogP contribution in [0.5, 0.6) is 40.2 Å². The molecule has 57 heavy (non-hydrogen) atoms. The zero-order valence-electron chi connectivity index (χ0n) is 34.3. The Kier molecular flexibility index (Phi) is 13.7. The molecule has 3 aromatic rings. The molecule has 1 saturated heterocycles. The van der Waals surface area contributed by atoms with Crippen molar-refractivity contribution in [2.24, 2.45) is 0 Å². The Bertz CT molecular complexity index is 1880. The second kappa shape index (κ2) is 18.9. The van der Waals surface area contributed by atoms with Crippen molar-refractivity contribution in [3.63, 3.8) is 0 Å². The molecule has 13 nitrogen and oxygen atoms in total. The number of likely N-dealkylation sites (tertiary alicyclic amines) is 1. The lowest BCUT2D eigenvalue weighted by Crippen LogP contribution is -2.52. The summed E-state index contributed by atoms with van der Waals surface area (Å²) < 4.78 is 52.0. The van der Waals surface area contributed by atoms with Crippen LogP contribution in [0.25, 0.3) is 0 Å². The van der Waals surface area contributed by atoms with Gasteiger partial charge in [-0.3, -0.25) is 0 Å². The quantitative estimate of drug-likeness (QED) is 0.0619. The summed E-state index contributed by atoms with van der Waals surface area (Å²) in [5.41, 5.74) is 4.63. The number of hydrogen-bond donors (Lipinski definition) is 0. The molecule has 0 bridgehead atoms. The van der Waals surface area contributed by atoms with Crippen LogP contribution in [0.1, 0.15) is 54.0 Å². The lowest BCUT2D eigenvalue weighted by atomic mass is 9.86. The van der Waals surface area contributed by atoms with Crippen LogP contribution in [0, 0.1) is 0 Å². The number of rotatable bonds is 19. The van der Waals surface area contributed by atoms with Crippen molar-refractivity contribution < 1.29 is 61.2 Å². The molecule has 0 aromatic heterocycles. The number of benzene rings is 3. The van der Waals surface area contributed by atoms with Crippen LogP contribution in [0.4, 0.5) is 0 Å². The molecule has 308 valence electrons. The maximum absolute atomic E-state index is 12.6. The number of quaternary nitrogens is 2. The van der Waals surface area contributed by atoms with E-state index >= 15 is 0 Å². The molecular formula is C44H58N2O11+2. The summed E-state index contributed by atoms with van der Waals surface area (Å²) in [6.07, 6.45) is 7.56. The van der Waals surface area contributed by atoms with Crippen molar-refractivity contribution in [1.29, 1.82) is 0 Å². The summed E-state index contributed by atoms with van der Waals surface area (Å²) >= 11 is 0. The summed E-state index contributed by atoms with van der Waals surface area (Å²) in [6, 6.07) is 14.3. The molecule has 3 aliphatic rings. The lowest BCUT2D eigenvalue weighted by Gasteiger charge is -2.46. The van der Waals surface area contributed by atoms with E-state index in [9.17, 15) is 9.59 Å². The van der Waals surface area contributed by atoms with Crippen LogP contribution in [0.3, 0.4) is 0 Å². The average Bonchev–Trinajstić information content (AvgIpc) is 3.90. The van der Waals surface area contributed by atoms with E-state index in [-0.39, 0.29) is 26.0 Å². The molecule has 0 spiro atoms. The summed E-state index contributed by atoms with van der Waals surface area (Å²) in [7, 11) is 10.4. The molecule has 3 heterocycles. The predicted molar refractivity (Wildman–Crippen MR) is 212 cm³/mol. The van der Waals surface area contributed by atoms with Gasteiger partial charge in [0.2, 0.25) is 12.5 Å². The summed E-state index contributed by atoms with van der Waals surface area (Å²) in [5.74, 6) is 3.57. The Balaban J connectivity index is 1.01. The fourth-order valence-corrected chi connectivity index (χ4v) is 8.70. The van der Waals surface area contributed by atoms with Crippen LogP contribution in [0.2, 0.25) is 0 Å². The minimum atomic E-state index is -0.574. The Hall–Kier alpha value is -5.14.